The van der Waals surface area contributed by atoms with Crippen molar-refractivity contribution in [2.75, 3.05) is 13.1 Å². The van der Waals surface area contributed by atoms with Gasteiger partial charge in [0.25, 0.3) is 5.91 Å². The van der Waals surface area contributed by atoms with E-state index in [2.05, 4.69) is 16.9 Å². The highest BCUT2D eigenvalue weighted by molar-refractivity contribution is 7.16. The van der Waals surface area contributed by atoms with Crippen LogP contribution in [0.1, 0.15) is 24.6 Å². The molecule has 2 aromatic rings. The Hall–Kier alpha value is -2.21. The van der Waals surface area contributed by atoms with Crippen LogP contribution in [0, 0.1) is 5.41 Å². The van der Waals surface area contributed by atoms with Crippen LogP contribution in [0.15, 0.2) is 36.0 Å². The highest BCUT2D eigenvalue weighted by Gasteiger charge is 2.49. The number of nitrogens with one attached hydrogen (secondary N) is 1. The molecule has 2 amide bonds. The molecule has 112 valence electrons. The van der Waals surface area contributed by atoms with Gasteiger partial charge >= 0.3 is 0 Å². The minimum atomic E-state index is -0.542. The van der Waals surface area contributed by atoms with Gasteiger partial charge in [0, 0.05) is 30.8 Å². The zero-order valence-electron chi connectivity index (χ0n) is 12.9. The van der Waals surface area contributed by atoms with Crippen LogP contribution in [0.2, 0.25) is 0 Å². The molecule has 5 nitrogen and oxygen atoms in total. The second-order valence-corrected chi connectivity index (χ2v) is 6.82. The first-order valence-corrected chi connectivity index (χ1v) is 7.99. The summed E-state index contributed by atoms with van der Waals surface area (Å²) in [6, 6.07) is 3.67. The topological polar surface area (TPSA) is 62.3 Å². The van der Waals surface area contributed by atoms with Gasteiger partial charge in [0.1, 0.15) is 0 Å². The summed E-state index contributed by atoms with van der Waals surface area (Å²) in [6.45, 7) is 4.72. The predicted molar refractivity (Wildman–Crippen MR) is 84.5 cm³/mol. The molecule has 2 saturated heterocycles. The average Bonchev–Trinajstić information content (AvgIpc) is 3.20. The lowest BCUT2D eigenvalue weighted by Crippen LogP contribution is -2.36. The number of rotatable bonds is 1. The number of hydrogen-bond donors (Lipinski definition) is 1. The second kappa shape index (κ2) is 4.64. The van der Waals surface area contributed by atoms with E-state index < -0.39 is 5.41 Å². The maximum absolute atomic E-state index is 12.8. The van der Waals surface area contributed by atoms with E-state index in [1.807, 2.05) is 6.07 Å². The minimum Gasteiger partial charge on any atom is -0.338 e. The Bertz CT molecular complexity index is 862. The van der Waals surface area contributed by atoms with Gasteiger partial charge in [-0.25, -0.2) is 4.98 Å². The second-order valence-electron chi connectivity index (χ2n) is 5.93. The van der Waals surface area contributed by atoms with Gasteiger partial charge in [-0.1, -0.05) is 6.58 Å². The molecule has 0 radical (unpaired) electrons. The summed E-state index contributed by atoms with van der Waals surface area (Å²) in [5, 5.41) is 2.76. The van der Waals surface area contributed by atoms with Crippen LogP contribution in [0.25, 0.3) is 10.2 Å². The minimum absolute atomic E-state index is 0.0427. The van der Waals surface area contributed by atoms with E-state index in [1.165, 1.54) is 11.3 Å². The first kappa shape index (κ1) is 12.3. The molecule has 2 aliphatic heterocycles. The Morgan fingerprint density at radius 2 is 2.41 bits per heavy atom. The molecule has 1 spiro atoms. The van der Waals surface area contributed by atoms with Crippen LogP contribution in [0.3, 0.4) is 0 Å². The fraction of sp³-hybridized carbons (Fsp3) is 0.312. The number of thiazole rings is 1. The van der Waals surface area contributed by atoms with Crippen LogP contribution < -0.4 is 5.32 Å². The largest absolute Gasteiger partial charge is 0.338 e. The maximum Gasteiger partial charge on any atom is 0.253 e. The number of carbonyl (C=O) groups is 2. The number of aromatic nitrogens is 1. The van der Waals surface area contributed by atoms with Crippen molar-refractivity contribution in [1.29, 1.82) is 0 Å². The van der Waals surface area contributed by atoms with Gasteiger partial charge in [-0.3, -0.25) is 9.59 Å². The molecule has 6 heteroatoms. The Balaban J connectivity index is 1.63. The van der Waals surface area contributed by atoms with Crippen LogP contribution in [0.5, 0.6) is 0 Å². The summed E-state index contributed by atoms with van der Waals surface area (Å²) in [6.07, 6.45) is 1.21. The highest BCUT2D eigenvalue weighted by Crippen LogP contribution is 2.40. The molecule has 22 heavy (non-hydrogen) atoms. The Morgan fingerprint density at radius 3 is 3.18 bits per heavy atom. The number of benzene rings is 1. The van der Waals surface area contributed by atoms with Crippen molar-refractivity contribution in [3.8, 4) is 0 Å². The summed E-state index contributed by atoms with van der Waals surface area (Å²) in [5.74, 6) is -0.245. The molecule has 2 fully saturated rings. The van der Waals surface area contributed by atoms with Crippen LogP contribution in [0.4, 0.5) is 0 Å². The number of hydrogen-bond acceptors (Lipinski definition) is 4. The zero-order chi connectivity index (χ0) is 16.2. The lowest BCUT2D eigenvalue weighted by molar-refractivity contribution is -0.126. The monoisotopic (exact) mass is 315 g/mol. The van der Waals surface area contributed by atoms with E-state index in [4.69, 9.17) is 1.37 Å². The molecule has 1 atom stereocenters. The van der Waals surface area contributed by atoms with Crippen LogP contribution >= 0.6 is 11.3 Å². The quantitative estimate of drug-likeness (QED) is 0.877. The van der Waals surface area contributed by atoms with Gasteiger partial charge in [-0.05, 0) is 24.6 Å². The molecule has 0 saturated carbocycles. The van der Waals surface area contributed by atoms with Crippen molar-refractivity contribution in [2.24, 2.45) is 5.41 Å². The fourth-order valence-electron chi connectivity index (χ4n) is 3.29. The normalized spacial score (nSPS) is 25.1. The molecular formula is C16H15N3O2S. The maximum atomic E-state index is 12.8. The van der Waals surface area contributed by atoms with E-state index in [0.29, 0.717) is 37.0 Å². The Labute approximate surface area is 133 Å². The molecule has 0 aliphatic carbocycles. The van der Waals surface area contributed by atoms with Crippen molar-refractivity contribution >= 4 is 33.4 Å². The third kappa shape index (κ3) is 1.94. The van der Waals surface area contributed by atoms with Gasteiger partial charge in [-0.2, -0.15) is 0 Å². The Morgan fingerprint density at radius 1 is 1.55 bits per heavy atom. The van der Waals surface area contributed by atoms with Crippen molar-refractivity contribution in [1.82, 2.24) is 15.2 Å². The summed E-state index contributed by atoms with van der Waals surface area (Å²) in [5.41, 5.74) is 2.75. The first-order chi connectivity index (χ1) is 11.0. The van der Waals surface area contributed by atoms with Gasteiger partial charge in [0.2, 0.25) is 5.91 Å². The number of allylic oxidation sites excluding steroid dienone is 1. The van der Waals surface area contributed by atoms with E-state index >= 15 is 0 Å². The third-order valence-electron chi connectivity index (χ3n) is 4.44. The molecule has 1 N–H and O–H groups in total. The predicted octanol–water partition coefficient (Wildman–Crippen LogP) is 2.16. The van der Waals surface area contributed by atoms with E-state index in [9.17, 15) is 9.59 Å². The van der Waals surface area contributed by atoms with Crippen molar-refractivity contribution in [3.63, 3.8) is 0 Å². The van der Waals surface area contributed by atoms with E-state index in [-0.39, 0.29) is 17.9 Å². The smallest absolute Gasteiger partial charge is 0.253 e. The molecular weight excluding hydrogens is 298 g/mol. The summed E-state index contributed by atoms with van der Waals surface area (Å²) in [7, 11) is 0. The number of carbonyl (C=O) groups excluding carboxylic acids is 2. The Kier molecular flexibility index (Phi) is 2.61. The number of amides is 2. The van der Waals surface area contributed by atoms with Crippen molar-refractivity contribution in [2.45, 2.75) is 12.8 Å². The summed E-state index contributed by atoms with van der Waals surface area (Å²) >= 11 is 1.45. The number of fused-ring (bicyclic) bond motifs is 1. The zero-order valence-corrected chi connectivity index (χ0v) is 12.7. The fourth-order valence-corrected chi connectivity index (χ4v) is 3.93. The van der Waals surface area contributed by atoms with E-state index in [1.54, 1.807) is 16.5 Å². The van der Waals surface area contributed by atoms with Crippen LogP contribution in [-0.4, -0.2) is 34.8 Å². The van der Waals surface area contributed by atoms with Crippen LogP contribution in [-0.2, 0) is 4.79 Å². The third-order valence-corrected chi connectivity index (χ3v) is 5.24. The standard InChI is InChI=1S/C16H15N3O2S/c1-10-7-16(15(21)18-10)4-5-19(8-16)14(20)11-2-3-13-12(6-11)17-9-22-13/h2-3,6,9H,1,4-5,7-8H2,(H,18,21)/i6T. The molecule has 2 aliphatic rings. The molecule has 3 heterocycles. The molecule has 1 aromatic carbocycles. The molecule has 1 unspecified atom stereocenters. The van der Waals surface area contributed by atoms with Gasteiger partial charge in [-0.15, -0.1) is 11.3 Å². The highest BCUT2D eigenvalue weighted by atomic mass is 32.1. The number of likely N-dealkylation sites (tertiary alicyclic amines) is 1. The van der Waals surface area contributed by atoms with Gasteiger partial charge in [0.15, 0.2) is 0 Å². The average molecular weight is 315 g/mol. The van der Waals surface area contributed by atoms with Crippen molar-refractivity contribution in [3.05, 3.63) is 41.5 Å². The van der Waals surface area contributed by atoms with Gasteiger partial charge < -0.3 is 10.2 Å². The van der Waals surface area contributed by atoms with E-state index in [0.717, 1.165) is 10.4 Å². The molecule has 0 bridgehead atoms. The molecule has 1 aromatic heterocycles. The summed E-state index contributed by atoms with van der Waals surface area (Å²) in [4.78, 5) is 30.8. The lowest BCUT2D eigenvalue weighted by atomic mass is 9.85. The number of nitrogens with zero attached hydrogens (tertiary/aromatic N) is 2. The summed E-state index contributed by atoms with van der Waals surface area (Å²) < 4.78 is 9.13. The van der Waals surface area contributed by atoms with Gasteiger partial charge in [0.05, 0.1) is 22.5 Å². The molecule has 4 rings (SSSR count). The SMILES string of the molecule is [3H]c1c(C(=O)N2CCC3(CC(=C)NC3=O)C2)ccc2scnc12. The lowest BCUT2D eigenvalue weighted by Gasteiger charge is -2.20. The van der Waals surface area contributed by atoms with Crippen molar-refractivity contribution < 1.29 is 11.0 Å². The first-order valence-electron chi connectivity index (χ1n) is 7.61.